The van der Waals surface area contributed by atoms with E-state index in [1.54, 1.807) is 14.1 Å². The van der Waals surface area contributed by atoms with Gasteiger partial charge in [-0.3, -0.25) is 4.57 Å². The van der Waals surface area contributed by atoms with Gasteiger partial charge in [-0.15, -0.1) is 0 Å². The van der Waals surface area contributed by atoms with Gasteiger partial charge >= 0.3 is 0 Å². The minimum atomic E-state index is -2.45. The van der Waals surface area contributed by atoms with Crippen molar-refractivity contribution in [3.05, 3.63) is 0 Å². The van der Waals surface area contributed by atoms with Crippen molar-refractivity contribution >= 4 is 7.59 Å². The monoisotopic (exact) mass is 177 g/mol. The van der Waals surface area contributed by atoms with Gasteiger partial charge in [-0.2, -0.15) is 0 Å². The van der Waals surface area contributed by atoms with Crippen LogP contribution >= 0.6 is 7.59 Å². The highest BCUT2D eigenvalue weighted by Gasteiger charge is 2.25. The second-order valence-corrected chi connectivity index (χ2v) is 5.18. The summed E-state index contributed by atoms with van der Waals surface area (Å²) in [5.41, 5.74) is 0. The van der Waals surface area contributed by atoms with Gasteiger partial charge in [-0.25, -0.2) is 15.3 Å². The average molecular weight is 177 g/mol. The summed E-state index contributed by atoms with van der Waals surface area (Å²) in [5.74, 6) is 0. The summed E-state index contributed by atoms with van der Waals surface area (Å²) in [6, 6.07) is 0.445. The van der Waals surface area contributed by atoms with Gasteiger partial charge < -0.3 is 0 Å². The van der Waals surface area contributed by atoms with Crippen molar-refractivity contribution in [3.8, 4) is 0 Å². The largest absolute Gasteiger partial charge is 0.278 e. The van der Waals surface area contributed by atoms with Crippen LogP contribution < -0.4 is 15.3 Å². The minimum absolute atomic E-state index is 0.445. The van der Waals surface area contributed by atoms with Gasteiger partial charge in [0.05, 0.1) is 0 Å². The molecule has 5 heteroatoms. The van der Waals surface area contributed by atoms with Crippen LogP contribution in [0.25, 0.3) is 0 Å². The third kappa shape index (κ3) is 2.27. The number of hydrogen-bond acceptors (Lipinski definition) is 1. The third-order valence-corrected chi connectivity index (χ3v) is 4.09. The molecule has 0 saturated heterocycles. The van der Waals surface area contributed by atoms with Crippen molar-refractivity contribution in [3.63, 3.8) is 0 Å². The van der Waals surface area contributed by atoms with Gasteiger partial charge in [0.1, 0.15) is 0 Å². The van der Waals surface area contributed by atoms with Crippen LogP contribution in [0.4, 0.5) is 0 Å². The van der Waals surface area contributed by atoms with Crippen molar-refractivity contribution in [2.75, 3.05) is 14.1 Å². The highest BCUT2D eigenvalue weighted by Crippen LogP contribution is 2.33. The molecule has 11 heavy (non-hydrogen) atoms. The molecule has 4 nitrogen and oxygen atoms in total. The zero-order chi connectivity index (χ0) is 8.32. The number of hydrogen-bond donors (Lipinski definition) is 3. The van der Waals surface area contributed by atoms with E-state index in [0.717, 1.165) is 12.8 Å². The maximum atomic E-state index is 11.6. The Bertz CT molecular complexity index is 161. The quantitative estimate of drug-likeness (QED) is 0.552. The Labute approximate surface area is 67.7 Å². The summed E-state index contributed by atoms with van der Waals surface area (Å²) >= 11 is 0. The van der Waals surface area contributed by atoms with E-state index < -0.39 is 7.59 Å². The van der Waals surface area contributed by atoms with E-state index >= 15 is 0 Å². The van der Waals surface area contributed by atoms with Crippen LogP contribution in [0.5, 0.6) is 0 Å². The van der Waals surface area contributed by atoms with Crippen LogP contribution in [0, 0.1) is 0 Å². The molecule has 0 radical (unpaired) electrons. The SMILES string of the molecule is CNP(=O)(NC)NC1CCC1. The van der Waals surface area contributed by atoms with Gasteiger partial charge in [0, 0.05) is 6.04 Å². The van der Waals surface area contributed by atoms with E-state index in [0.29, 0.717) is 6.04 Å². The molecule has 1 aliphatic carbocycles. The molecule has 0 aromatic carbocycles. The first-order valence-electron chi connectivity index (χ1n) is 3.96. The Kier molecular flexibility index (Phi) is 3.07. The fourth-order valence-corrected chi connectivity index (χ4v) is 2.29. The van der Waals surface area contributed by atoms with Crippen molar-refractivity contribution in [2.24, 2.45) is 0 Å². The molecule has 1 rings (SSSR count). The van der Waals surface area contributed by atoms with Gasteiger partial charge in [-0.05, 0) is 26.9 Å². The Hall–Kier alpha value is 0.110. The van der Waals surface area contributed by atoms with E-state index in [1.165, 1.54) is 6.42 Å². The molecule has 1 aliphatic rings. The van der Waals surface area contributed by atoms with Crippen molar-refractivity contribution < 1.29 is 4.57 Å². The third-order valence-electron chi connectivity index (χ3n) is 2.10. The highest BCUT2D eigenvalue weighted by atomic mass is 31.2. The molecular weight excluding hydrogens is 161 g/mol. The first kappa shape index (κ1) is 9.20. The lowest BCUT2D eigenvalue weighted by Gasteiger charge is -2.30. The zero-order valence-electron chi connectivity index (χ0n) is 7.05. The molecule has 0 amide bonds. The van der Waals surface area contributed by atoms with Crippen LogP contribution in [0.1, 0.15) is 19.3 Å². The number of rotatable bonds is 4. The van der Waals surface area contributed by atoms with Gasteiger partial charge in [0.15, 0.2) is 0 Å². The molecule has 0 unspecified atom stereocenters. The summed E-state index contributed by atoms with van der Waals surface area (Å²) in [5, 5.41) is 8.58. The van der Waals surface area contributed by atoms with Crippen LogP contribution in [0.2, 0.25) is 0 Å². The highest BCUT2D eigenvalue weighted by molar-refractivity contribution is 7.57. The first-order chi connectivity index (χ1) is 5.20. The molecule has 0 aliphatic heterocycles. The molecule has 3 N–H and O–H groups in total. The van der Waals surface area contributed by atoms with Crippen molar-refractivity contribution in [1.82, 2.24) is 15.3 Å². The van der Waals surface area contributed by atoms with Crippen LogP contribution in [0.3, 0.4) is 0 Å². The van der Waals surface area contributed by atoms with Crippen LogP contribution in [0.15, 0.2) is 0 Å². The maximum absolute atomic E-state index is 11.6. The average Bonchev–Trinajstić information content (AvgIpc) is 1.97. The van der Waals surface area contributed by atoms with Gasteiger partial charge in [0.25, 0.3) is 7.59 Å². The lowest BCUT2D eigenvalue weighted by atomic mass is 9.94. The van der Waals surface area contributed by atoms with Gasteiger partial charge in [0.2, 0.25) is 0 Å². The molecule has 0 aromatic heterocycles. The molecule has 0 spiro atoms. The second kappa shape index (κ2) is 3.68. The van der Waals surface area contributed by atoms with E-state index in [1.807, 2.05) is 0 Å². The topological polar surface area (TPSA) is 53.2 Å². The van der Waals surface area contributed by atoms with E-state index in [4.69, 9.17) is 0 Å². The van der Waals surface area contributed by atoms with Crippen LogP contribution in [-0.2, 0) is 4.57 Å². The molecule has 0 aromatic rings. The summed E-state index contributed by atoms with van der Waals surface area (Å²) in [7, 11) is 0.942. The predicted molar refractivity (Wildman–Crippen MR) is 46.5 cm³/mol. The Morgan fingerprint density at radius 1 is 1.27 bits per heavy atom. The number of nitrogens with one attached hydrogen (secondary N) is 3. The molecule has 1 saturated carbocycles. The summed E-state index contributed by atoms with van der Waals surface area (Å²) in [6.07, 6.45) is 3.55. The molecule has 1 fully saturated rings. The smallest absolute Gasteiger partial charge is 0.271 e. The zero-order valence-corrected chi connectivity index (χ0v) is 7.95. The van der Waals surface area contributed by atoms with Crippen molar-refractivity contribution in [1.29, 1.82) is 0 Å². The normalized spacial score (nSPS) is 19.8. The second-order valence-electron chi connectivity index (χ2n) is 2.81. The minimum Gasteiger partial charge on any atom is -0.271 e. The Morgan fingerprint density at radius 3 is 2.09 bits per heavy atom. The van der Waals surface area contributed by atoms with Gasteiger partial charge in [-0.1, -0.05) is 6.42 Å². The lowest BCUT2D eigenvalue weighted by Crippen LogP contribution is -2.39. The Morgan fingerprint density at radius 2 is 1.82 bits per heavy atom. The summed E-state index contributed by atoms with van der Waals surface area (Å²) in [4.78, 5) is 0. The predicted octanol–water partition coefficient (Wildman–Crippen LogP) is 0.675. The molecule has 0 heterocycles. The standard InChI is InChI=1S/C6H16N3OP/c1-7-11(10,8-2)9-6-4-3-5-6/h6H,3-5H2,1-2H3,(H3,7,8,9,10). The molecule has 0 atom stereocenters. The van der Waals surface area contributed by atoms with Crippen molar-refractivity contribution in [2.45, 2.75) is 25.3 Å². The first-order valence-corrected chi connectivity index (χ1v) is 5.67. The Balaban J connectivity index is 2.36. The maximum Gasteiger partial charge on any atom is 0.278 e. The van der Waals surface area contributed by atoms with E-state index in [9.17, 15) is 4.57 Å². The fourth-order valence-electron chi connectivity index (χ4n) is 1.04. The van der Waals surface area contributed by atoms with E-state index in [2.05, 4.69) is 15.3 Å². The molecular formula is C6H16N3OP. The summed E-state index contributed by atoms with van der Waals surface area (Å²) < 4.78 is 11.6. The molecule has 0 bridgehead atoms. The molecule has 66 valence electrons. The summed E-state index contributed by atoms with van der Waals surface area (Å²) in [6.45, 7) is 0. The fraction of sp³-hybridized carbons (Fsp3) is 1.00. The van der Waals surface area contributed by atoms with Crippen LogP contribution in [-0.4, -0.2) is 20.1 Å². The lowest BCUT2D eigenvalue weighted by molar-refractivity contribution is 0.379. The van der Waals surface area contributed by atoms with E-state index in [-0.39, 0.29) is 0 Å².